The predicted molar refractivity (Wildman–Crippen MR) is 169 cm³/mol. The van der Waals surface area contributed by atoms with E-state index in [0.717, 1.165) is 5.56 Å². The van der Waals surface area contributed by atoms with E-state index < -0.39 is 12.0 Å². The first-order valence-corrected chi connectivity index (χ1v) is 15.5. The molecule has 11 heteroatoms. The van der Waals surface area contributed by atoms with E-state index in [4.69, 9.17) is 18.9 Å². The van der Waals surface area contributed by atoms with E-state index in [1.54, 1.807) is 62.4 Å². The van der Waals surface area contributed by atoms with Gasteiger partial charge >= 0.3 is 5.97 Å². The van der Waals surface area contributed by atoms with Crippen molar-refractivity contribution in [2.24, 2.45) is 4.99 Å². The molecular weight excluding hydrogens is 651 g/mol. The van der Waals surface area contributed by atoms with Crippen LogP contribution in [0.2, 0.25) is 0 Å². The van der Waals surface area contributed by atoms with Gasteiger partial charge in [0.15, 0.2) is 16.3 Å². The standard InChI is InChI=1S/C33H30BrFN2O6S/c1-5-41-27-17-24(34)23(16-26(27)40-4)30-29(32(39)42-6-2)19(3)36-33-37(30)31(38)28(44-33)15-20-11-13-22(14-12-20)43-18-21-9-7-8-10-25(21)35/h7-17,30H,5-6,18H2,1-4H3/b28-15+/t30-/m1/s1. The van der Waals surface area contributed by atoms with Crippen LogP contribution in [0.3, 0.4) is 0 Å². The number of halogens is 2. The predicted octanol–water partition coefficient (Wildman–Crippen LogP) is 5.69. The van der Waals surface area contributed by atoms with E-state index in [9.17, 15) is 14.0 Å². The van der Waals surface area contributed by atoms with Gasteiger partial charge in [-0.05, 0) is 68.3 Å². The highest BCUT2D eigenvalue weighted by Gasteiger charge is 2.35. The molecule has 8 nitrogen and oxygen atoms in total. The van der Waals surface area contributed by atoms with E-state index in [1.807, 2.05) is 19.1 Å². The second-order valence-corrected chi connectivity index (χ2v) is 11.6. The summed E-state index contributed by atoms with van der Waals surface area (Å²) >= 11 is 4.86. The molecule has 3 aromatic carbocycles. The van der Waals surface area contributed by atoms with E-state index in [-0.39, 0.29) is 30.2 Å². The highest BCUT2D eigenvalue weighted by Crippen LogP contribution is 2.41. The van der Waals surface area contributed by atoms with Crippen molar-refractivity contribution >= 4 is 39.3 Å². The van der Waals surface area contributed by atoms with Crippen molar-refractivity contribution in [2.75, 3.05) is 20.3 Å². The van der Waals surface area contributed by atoms with Gasteiger partial charge in [-0.2, -0.15) is 0 Å². The quantitative estimate of drug-likeness (QED) is 0.200. The lowest BCUT2D eigenvalue weighted by molar-refractivity contribution is -0.139. The molecule has 0 unspecified atom stereocenters. The fourth-order valence-corrected chi connectivity index (χ4v) is 6.45. The lowest BCUT2D eigenvalue weighted by atomic mass is 9.95. The van der Waals surface area contributed by atoms with Crippen LogP contribution >= 0.6 is 27.3 Å². The molecule has 0 saturated carbocycles. The molecule has 4 aromatic rings. The Kier molecular flexibility index (Phi) is 9.65. The minimum atomic E-state index is -0.833. The van der Waals surface area contributed by atoms with Gasteiger partial charge < -0.3 is 18.9 Å². The van der Waals surface area contributed by atoms with Crippen LogP contribution in [0, 0.1) is 5.82 Å². The number of nitrogens with zero attached hydrogens (tertiary/aromatic N) is 2. The van der Waals surface area contributed by atoms with E-state index in [0.29, 0.717) is 54.5 Å². The van der Waals surface area contributed by atoms with Crippen LogP contribution in [0.25, 0.3) is 6.08 Å². The number of benzene rings is 3. The molecule has 0 fully saturated rings. The number of allylic oxidation sites excluding steroid dienone is 1. The van der Waals surface area contributed by atoms with Crippen LogP contribution < -0.4 is 29.1 Å². The van der Waals surface area contributed by atoms with Crippen LogP contribution in [-0.2, 0) is 16.1 Å². The molecule has 0 saturated heterocycles. The third-order valence-corrected chi connectivity index (χ3v) is 8.59. The van der Waals surface area contributed by atoms with Crippen molar-refractivity contribution in [3.05, 3.63) is 119 Å². The summed E-state index contributed by atoms with van der Waals surface area (Å²) in [6, 6.07) is 16.3. The number of carbonyl (C=O) groups is 1. The zero-order valence-corrected chi connectivity index (χ0v) is 27.0. The first-order chi connectivity index (χ1) is 21.2. The Morgan fingerprint density at radius 3 is 2.50 bits per heavy atom. The largest absolute Gasteiger partial charge is 0.493 e. The summed E-state index contributed by atoms with van der Waals surface area (Å²) in [6.45, 7) is 6.03. The number of aromatic nitrogens is 1. The monoisotopic (exact) mass is 680 g/mol. The second-order valence-electron chi connectivity index (χ2n) is 9.71. The third kappa shape index (κ3) is 6.34. The van der Waals surface area contributed by atoms with Crippen molar-refractivity contribution in [2.45, 2.75) is 33.4 Å². The smallest absolute Gasteiger partial charge is 0.338 e. The Morgan fingerprint density at radius 2 is 1.82 bits per heavy atom. The number of hydrogen-bond acceptors (Lipinski definition) is 8. The summed E-state index contributed by atoms with van der Waals surface area (Å²) in [5.41, 5.74) is 2.24. The van der Waals surface area contributed by atoms with Crippen molar-refractivity contribution in [3.8, 4) is 17.2 Å². The lowest BCUT2D eigenvalue weighted by Crippen LogP contribution is -2.40. The molecule has 0 bridgehead atoms. The lowest BCUT2D eigenvalue weighted by Gasteiger charge is -2.26. The molecule has 1 aromatic heterocycles. The normalized spacial score (nSPS) is 14.6. The summed E-state index contributed by atoms with van der Waals surface area (Å²) in [4.78, 5) is 32.4. The molecule has 44 heavy (non-hydrogen) atoms. The summed E-state index contributed by atoms with van der Waals surface area (Å²) in [5.74, 6) is 0.671. The molecule has 1 aliphatic heterocycles. The fourth-order valence-electron chi connectivity index (χ4n) is 4.86. The number of ether oxygens (including phenoxy) is 4. The minimum absolute atomic E-state index is 0.0959. The van der Waals surface area contributed by atoms with Crippen molar-refractivity contribution in [1.29, 1.82) is 0 Å². The zero-order valence-electron chi connectivity index (χ0n) is 24.6. The number of esters is 1. The average molecular weight is 682 g/mol. The van der Waals surface area contributed by atoms with Crippen LogP contribution in [0.15, 0.2) is 86.2 Å². The van der Waals surface area contributed by atoms with E-state index in [1.165, 1.54) is 29.1 Å². The van der Waals surface area contributed by atoms with E-state index >= 15 is 0 Å². The molecule has 0 radical (unpaired) electrons. The molecule has 0 aliphatic carbocycles. The average Bonchev–Trinajstić information content (AvgIpc) is 3.31. The molecule has 0 amide bonds. The Hall–Kier alpha value is -4.22. The SMILES string of the molecule is CCOC(=O)C1=C(C)N=c2s/c(=C/c3ccc(OCc4ccccc4F)cc3)c(=O)n2[C@@H]1c1cc(OC)c(OCC)cc1Br. The second kappa shape index (κ2) is 13.6. The maximum atomic E-state index is 14.0. The van der Waals surface area contributed by atoms with Crippen molar-refractivity contribution in [3.63, 3.8) is 0 Å². The van der Waals surface area contributed by atoms with Crippen LogP contribution in [0.5, 0.6) is 17.2 Å². The van der Waals surface area contributed by atoms with Gasteiger partial charge in [-0.25, -0.2) is 14.2 Å². The first kappa shape index (κ1) is 31.2. The van der Waals surface area contributed by atoms with Gasteiger partial charge in [0.2, 0.25) is 0 Å². The molecule has 0 N–H and O–H groups in total. The highest BCUT2D eigenvalue weighted by molar-refractivity contribution is 9.10. The fraction of sp³-hybridized carbons (Fsp3) is 0.242. The number of thiazole rings is 1. The zero-order chi connectivity index (χ0) is 31.4. The van der Waals surface area contributed by atoms with Gasteiger partial charge in [-0.1, -0.05) is 57.6 Å². The minimum Gasteiger partial charge on any atom is -0.493 e. The maximum absolute atomic E-state index is 14.0. The Morgan fingerprint density at radius 1 is 1.07 bits per heavy atom. The third-order valence-electron chi connectivity index (χ3n) is 6.92. The summed E-state index contributed by atoms with van der Waals surface area (Å²) < 4.78 is 39.0. The van der Waals surface area contributed by atoms with E-state index in [2.05, 4.69) is 20.9 Å². The van der Waals surface area contributed by atoms with Crippen LogP contribution in [0.4, 0.5) is 4.39 Å². The van der Waals surface area contributed by atoms with Crippen LogP contribution in [-0.4, -0.2) is 30.9 Å². The Labute approximate surface area is 265 Å². The number of hydrogen-bond donors (Lipinski definition) is 0. The Bertz CT molecular complexity index is 1920. The van der Waals surface area contributed by atoms with Gasteiger partial charge in [0.25, 0.3) is 5.56 Å². The van der Waals surface area contributed by atoms with Gasteiger partial charge in [-0.3, -0.25) is 9.36 Å². The summed E-state index contributed by atoms with van der Waals surface area (Å²) in [5, 5.41) is 0. The summed E-state index contributed by atoms with van der Waals surface area (Å²) in [7, 11) is 1.53. The number of fused-ring (bicyclic) bond motifs is 1. The molecule has 1 aliphatic rings. The number of methoxy groups -OCH3 is 1. The van der Waals surface area contributed by atoms with Gasteiger partial charge in [0.1, 0.15) is 18.2 Å². The van der Waals surface area contributed by atoms with Crippen molar-refractivity contribution < 1.29 is 28.1 Å². The van der Waals surface area contributed by atoms with Gasteiger partial charge in [0.05, 0.1) is 42.2 Å². The van der Waals surface area contributed by atoms with Crippen molar-refractivity contribution in [1.82, 2.24) is 4.57 Å². The molecule has 5 rings (SSSR count). The first-order valence-electron chi connectivity index (χ1n) is 13.9. The van der Waals surface area contributed by atoms with Gasteiger partial charge in [-0.15, -0.1) is 0 Å². The van der Waals surface area contributed by atoms with Gasteiger partial charge in [0, 0.05) is 10.0 Å². The van der Waals surface area contributed by atoms with Crippen LogP contribution in [0.1, 0.15) is 43.5 Å². The summed E-state index contributed by atoms with van der Waals surface area (Å²) in [6.07, 6.45) is 1.76. The highest BCUT2D eigenvalue weighted by atomic mass is 79.9. The molecular formula is C33H30BrFN2O6S. The maximum Gasteiger partial charge on any atom is 0.338 e. The molecule has 2 heterocycles. The topological polar surface area (TPSA) is 88.4 Å². The Balaban J connectivity index is 1.56. The molecule has 1 atom stereocenters. The number of carbonyl (C=O) groups excluding carboxylic acids is 1. The number of rotatable bonds is 10. The molecule has 0 spiro atoms. The molecule has 228 valence electrons.